The highest BCUT2D eigenvalue weighted by Crippen LogP contribution is 2.37. The first kappa shape index (κ1) is 13.4. The molecule has 1 nitrogen and oxygen atoms in total. The van der Waals surface area contributed by atoms with E-state index in [1.54, 1.807) is 11.1 Å². The minimum Gasteiger partial charge on any atom is -0.313 e. The molecule has 2 rings (SSSR count). The van der Waals surface area contributed by atoms with Crippen LogP contribution in [0.15, 0.2) is 36.4 Å². The summed E-state index contributed by atoms with van der Waals surface area (Å²) in [5.74, 6) is 0.671. The van der Waals surface area contributed by atoms with E-state index >= 15 is 0 Å². The van der Waals surface area contributed by atoms with Gasteiger partial charge in [0.25, 0.3) is 0 Å². The number of hydrogen-bond donors (Lipinski definition) is 1. The third kappa shape index (κ3) is 2.84. The van der Waals surface area contributed by atoms with Crippen molar-refractivity contribution in [2.24, 2.45) is 0 Å². The van der Waals surface area contributed by atoms with Gasteiger partial charge in [0.2, 0.25) is 0 Å². The first-order chi connectivity index (χ1) is 8.76. The number of hydrogen-bond acceptors (Lipinski definition) is 1. The number of rotatable bonds is 6. The van der Waals surface area contributed by atoms with Crippen molar-refractivity contribution in [2.45, 2.75) is 51.5 Å². The maximum atomic E-state index is 4.18. The molecule has 0 fully saturated rings. The highest BCUT2D eigenvalue weighted by atomic mass is 14.9. The number of nitrogens with one attached hydrogen (secondary N) is 1. The van der Waals surface area contributed by atoms with Crippen LogP contribution in [0.5, 0.6) is 0 Å². The van der Waals surface area contributed by atoms with Gasteiger partial charge in [0.1, 0.15) is 0 Å². The zero-order valence-corrected chi connectivity index (χ0v) is 11.7. The Morgan fingerprint density at radius 3 is 2.89 bits per heavy atom. The van der Waals surface area contributed by atoms with Gasteiger partial charge in [0.15, 0.2) is 0 Å². The number of aryl methyl sites for hydroxylation is 1. The van der Waals surface area contributed by atoms with Gasteiger partial charge in [-0.05, 0) is 43.4 Å². The van der Waals surface area contributed by atoms with Crippen molar-refractivity contribution in [2.75, 3.05) is 6.54 Å². The summed E-state index contributed by atoms with van der Waals surface area (Å²) in [5, 5.41) is 3.67. The lowest BCUT2D eigenvalue weighted by molar-refractivity contribution is 0.431. The summed E-state index contributed by atoms with van der Waals surface area (Å²) in [4.78, 5) is 0. The van der Waals surface area contributed by atoms with Gasteiger partial charge >= 0.3 is 0 Å². The van der Waals surface area contributed by atoms with E-state index in [0.29, 0.717) is 12.0 Å². The second-order valence-electron chi connectivity index (χ2n) is 5.32. The molecule has 1 heteroatoms. The zero-order valence-electron chi connectivity index (χ0n) is 11.7. The average Bonchev–Trinajstić information content (AvgIpc) is 2.82. The van der Waals surface area contributed by atoms with E-state index in [-0.39, 0.29) is 0 Å². The molecule has 0 aliphatic heterocycles. The van der Waals surface area contributed by atoms with Crippen LogP contribution in [-0.2, 0) is 6.42 Å². The van der Waals surface area contributed by atoms with Gasteiger partial charge in [-0.3, -0.25) is 0 Å². The molecule has 2 unspecified atom stereocenters. The Hall–Kier alpha value is -1.08. The summed E-state index contributed by atoms with van der Waals surface area (Å²) in [6, 6.07) is 9.49. The number of benzene rings is 1. The number of likely N-dealkylation sites (N-methyl/N-ethyl adjacent to an activating group) is 1. The standard InChI is InChI=1S/C17H25N/c1-4-13(3)12-17(18-5-2)16-11-10-14-8-6-7-9-15(14)16/h6-9,16-18H,3-5,10-12H2,1-2H3. The van der Waals surface area contributed by atoms with E-state index in [2.05, 4.69) is 50.0 Å². The molecule has 1 N–H and O–H groups in total. The summed E-state index contributed by atoms with van der Waals surface area (Å²) >= 11 is 0. The van der Waals surface area contributed by atoms with E-state index in [4.69, 9.17) is 0 Å². The molecule has 98 valence electrons. The van der Waals surface area contributed by atoms with Crippen molar-refractivity contribution in [1.82, 2.24) is 5.32 Å². The molecule has 0 aromatic heterocycles. The van der Waals surface area contributed by atoms with Crippen LogP contribution < -0.4 is 5.32 Å². The van der Waals surface area contributed by atoms with Gasteiger partial charge in [0, 0.05) is 12.0 Å². The largest absolute Gasteiger partial charge is 0.313 e. The smallest absolute Gasteiger partial charge is 0.0173 e. The van der Waals surface area contributed by atoms with E-state index in [1.165, 1.54) is 18.4 Å². The highest BCUT2D eigenvalue weighted by Gasteiger charge is 2.28. The molecule has 0 heterocycles. The molecule has 2 atom stereocenters. The first-order valence-electron chi connectivity index (χ1n) is 7.24. The van der Waals surface area contributed by atoms with Crippen LogP contribution in [0.4, 0.5) is 0 Å². The van der Waals surface area contributed by atoms with Crippen LogP contribution in [0.25, 0.3) is 0 Å². The summed E-state index contributed by atoms with van der Waals surface area (Å²) in [6.45, 7) is 9.62. The van der Waals surface area contributed by atoms with Gasteiger partial charge < -0.3 is 5.32 Å². The third-order valence-corrected chi connectivity index (χ3v) is 4.14. The lowest BCUT2D eigenvalue weighted by Gasteiger charge is -2.26. The zero-order chi connectivity index (χ0) is 13.0. The molecule has 0 radical (unpaired) electrons. The average molecular weight is 243 g/mol. The predicted octanol–water partition coefficient (Wildman–Crippen LogP) is 4.05. The maximum absolute atomic E-state index is 4.18. The first-order valence-corrected chi connectivity index (χ1v) is 7.24. The lowest BCUT2D eigenvalue weighted by Crippen LogP contribution is -2.34. The SMILES string of the molecule is C=C(CC)CC(NCC)C1CCc2ccccc21. The maximum Gasteiger partial charge on any atom is 0.0173 e. The Labute approximate surface area is 111 Å². The Morgan fingerprint density at radius 1 is 1.39 bits per heavy atom. The van der Waals surface area contributed by atoms with Crippen LogP contribution in [0.2, 0.25) is 0 Å². The molecule has 1 aliphatic rings. The summed E-state index contributed by atoms with van der Waals surface area (Å²) in [5.41, 5.74) is 4.48. The molecule has 0 spiro atoms. The van der Waals surface area contributed by atoms with Gasteiger partial charge in [-0.15, -0.1) is 0 Å². The lowest BCUT2D eigenvalue weighted by atomic mass is 9.88. The molecule has 18 heavy (non-hydrogen) atoms. The second-order valence-corrected chi connectivity index (χ2v) is 5.32. The van der Waals surface area contributed by atoms with Crippen molar-refractivity contribution in [3.63, 3.8) is 0 Å². The van der Waals surface area contributed by atoms with Gasteiger partial charge in [0.05, 0.1) is 0 Å². The van der Waals surface area contributed by atoms with Crippen LogP contribution in [0.1, 0.15) is 50.2 Å². The van der Waals surface area contributed by atoms with Crippen molar-refractivity contribution >= 4 is 0 Å². The summed E-state index contributed by atoms with van der Waals surface area (Å²) in [7, 11) is 0. The van der Waals surface area contributed by atoms with Crippen LogP contribution in [0, 0.1) is 0 Å². The quantitative estimate of drug-likeness (QED) is 0.743. The van der Waals surface area contributed by atoms with Crippen molar-refractivity contribution < 1.29 is 0 Å². The summed E-state index contributed by atoms with van der Waals surface area (Å²) < 4.78 is 0. The fourth-order valence-electron chi connectivity index (χ4n) is 3.08. The molecule has 0 amide bonds. The molecule has 1 aromatic carbocycles. The third-order valence-electron chi connectivity index (χ3n) is 4.14. The predicted molar refractivity (Wildman–Crippen MR) is 79.0 cm³/mol. The highest BCUT2D eigenvalue weighted by molar-refractivity contribution is 5.36. The molecular formula is C17H25N. The molecule has 1 aliphatic carbocycles. The molecular weight excluding hydrogens is 218 g/mol. The van der Waals surface area contributed by atoms with E-state index in [9.17, 15) is 0 Å². The van der Waals surface area contributed by atoms with E-state index in [0.717, 1.165) is 19.4 Å². The topological polar surface area (TPSA) is 12.0 Å². The van der Waals surface area contributed by atoms with Gasteiger partial charge in [-0.2, -0.15) is 0 Å². The fraction of sp³-hybridized carbons (Fsp3) is 0.529. The minimum atomic E-state index is 0.561. The van der Waals surface area contributed by atoms with Crippen LogP contribution >= 0.6 is 0 Å². The summed E-state index contributed by atoms with van der Waals surface area (Å²) in [6.07, 6.45) is 4.73. The monoisotopic (exact) mass is 243 g/mol. The molecule has 0 bridgehead atoms. The Morgan fingerprint density at radius 2 is 2.17 bits per heavy atom. The van der Waals surface area contributed by atoms with Crippen molar-refractivity contribution in [3.05, 3.63) is 47.5 Å². The second kappa shape index (κ2) is 6.19. The Kier molecular flexibility index (Phi) is 4.60. The fourth-order valence-corrected chi connectivity index (χ4v) is 3.08. The van der Waals surface area contributed by atoms with Gasteiger partial charge in [-0.25, -0.2) is 0 Å². The van der Waals surface area contributed by atoms with Crippen LogP contribution in [-0.4, -0.2) is 12.6 Å². The number of fused-ring (bicyclic) bond motifs is 1. The minimum absolute atomic E-state index is 0.561. The van der Waals surface area contributed by atoms with Crippen molar-refractivity contribution in [3.8, 4) is 0 Å². The normalized spacial score (nSPS) is 19.6. The van der Waals surface area contributed by atoms with Gasteiger partial charge in [-0.1, -0.05) is 50.3 Å². The van der Waals surface area contributed by atoms with Crippen LogP contribution in [0.3, 0.4) is 0 Å². The molecule has 0 saturated carbocycles. The van der Waals surface area contributed by atoms with Crippen molar-refractivity contribution in [1.29, 1.82) is 0 Å². The molecule has 1 aromatic rings. The molecule has 0 saturated heterocycles. The van der Waals surface area contributed by atoms with E-state index in [1.807, 2.05) is 0 Å². The Balaban J connectivity index is 2.15. The Bertz CT molecular complexity index is 408. The van der Waals surface area contributed by atoms with E-state index < -0.39 is 0 Å².